The number of amides is 1. The second-order valence-electron chi connectivity index (χ2n) is 6.76. The molecule has 158 valence electrons. The number of esters is 1. The van der Waals surface area contributed by atoms with Crippen molar-refractivity contribution in [1.82, 2.24) is 5.32 Å². The first-order valence-electron chi connectivity index (χ1n) is 8.27. The molecule has 1 rings (SSSR count). The molecule has 0 heterocycles. The number of aliphatic hydroxyl groups is 2. The first-order chi connectivity index (χ1) is 12.8. The van der Waals surface area contributed by atoms with Crippen LogP contribution in [-0.4, -0.2) is 55.4 Å². The van der Waals surface area contributed by atoms with Crippen LogP contribution in [0.1, 0.15) is 38.8 Å². The molecule has 0 aromatic heterocycles. The van der Waals surface area contributed by atoms with Crippen LogP contribution in [0.3, 0.4) is 0 Å². The molecule has 0 saturated carbocycles. The van der Waals surface area contributed by atoms with Gasteiger partial charge in [0, 0.05) is 0 Å². The van der Waals surface area contributed by atoms with E-state index in [4.69, 9.17) is 9.47 Å². The van der Waals surface area contributed by atoms with Crippen LogP contribution in [0.4, 0.5) is 4.79 Å². The van der Waals surface area contributed by atoms with Gasteiger partial charge in [0.25, 0.3) is 10.1 Å². The first kappa shape index (κ1) is 23.8. The fraction of sp³-hybridized carbons (Fsp3) is 0.529. The molecule has 0 aliphatic rings. The van der Waals surface area contributed by atoms with Crippen molar-refractivity contribution in [2.75, 3.05) is 12.9 Å². The lowest BCUT2D eigenvalue weighted by molar-refractivity contribution is -0.133. The molecule has 10 nitrogen and oxygen atoms in total. The van der Waals surface area contributed by atoms with Crippen LogP contribution >= 0.6 is 0 Å². The van der Waals surface area contributed by atoms with E-state index in [-0.39, 0.29) is 5.75 Å². The van der Waals surface area contributed by atoms with Crippen molar-refractivity contribution in [3.63, 3.8) is 0 Å². The highest BCUT2D eigenvalue weighted by Crippen LogP contribution is 2.21. The molecule has 1 unspecified atom stereocenters. The van der Waals surface area contributed by atoms with Crippen molar-refractivity contribution in [2.24, 2.45) is 0 Å². The van der Waals surface area contributed by atoms with Gasteiger partial charge in [-0.1, -0.05) is 12.1 Å². The topological polar surface area (TPSA) is 148 Å². The van der Waals surface area contributed by atoms with Crippen molar-refractivity contribution in [3.8, 4) is 5.75 Å². The number of nitrogens with one attached hydrogen (secondary N) is 1. The summed E-state index contributed by atoms with van der Waals surface area (Å²) in [5.41, 5.74) is -0.439. The molecule has 0 spiro atoms. The minimum Gasteiger partial charge on any atom is -0.444 e. The Morgan fingerprint density at radius 2 is 1.71 bits per heavy atom. The van der Waals surface area contributed by atoms with Gasteiger partial charge < -0.3 is 25.0 Å². The zero-order valence-electron chi connectivity index (χ0n) is 16.0. The maximum absolute atomic E-state index is 11.9. The van der Waals surface area contributed by atoms with E-state index in [2.05, 4.69) is 9.50 Å². The van der Waals surface area contributed by atoms with Crippen LogP contribution in [0.2, 0.25) is 0 Å². The number of aliphatic hydroxyl groups excluding tert-OH is 1. The largest absolute Gasteiger partial charge is 0.444 e. The highest BCUT2D eigenvalue weighted by Gasteiger charge is 2.25. The number of alkyl carbamates (subject to hydrolysis) is 1. The van der Waals surface area contributed by atoms with Crippen molar-refractivity contribution in [2.45, 2.75) is 45.1 Å². The van der Waals surface area contributed by atoms with Gasteiger partial charge in [0.1, 0.15) is 17.4 Å². The normalized spacial score (nSPS) is 13.1. The number of rotatable bonds is 8. The van der Waals surface area contributed by atoms with E-state index in [9.17, 15) is 28.2 Å². The third-order valence-corrected chi connectivity index (χ3v) is 4.46. The number of ether oxygens (including phenoxy) is 2. The molecule has 0 fully saturated rings. The zero-order chi connectivity index (χ0) is 21.5. The number of carbonyl (C=O) groups excluding carboxylic acids is 2. The van der Waals surface area contributed by atoms with Gasteiger partial charge in [-0.3, -0.25) is 8.98 Å². The predicted octanol–water partition coefficient (Wildman–Crippen LogP) is 0.835. The number of hydrogen-bond donors (Lipinski definition) is 3. The fourth-order valence-electron chi connectivity index (χ4n) is 1.98. The van der Waals surface area contributed by atoms with Crippen LogP contribution in [0.15, 0.2) is 24.3 Å². The number of benzene rings is 1. The highest BCUT2D eigenvalue weighted by atomic mass is 32.2. The maximum atomic E-state index is 11.9. The van der Waals surface area contributed by atoms with Crippen LogP contribution in [0.5, 0.6) is 5.75 Å². The third kappa shape index (κ3) is 8.65. The lowest BCUT2D eigenvalue weighted by Gasteiger charge is -2.25. The minimum atomic E-state index is -3.77. The molecule has 28 heavy (non-hydrogen) atoms. The Bertz CT molecular complexity index is 767. The number of hydrogen-bond acceptors (Lipinski definition) is 9. The van der Waals surface area contributed by atoms with E-state index in [0.29, 0.717) is 5.56 Å². The summed E-state index contributed by atoms with van der Waals surface area (Å²) in [4.78, 5) is 23.5. The van der Waals surface area contributed by atoms with Gasteiger partial charge in [-0.05, 0) is 38.5 Å². The molecule has 1 amide bonds. The summed E-state index contributed by atoms with van der Waals surface area (Å²) >= 11 is 0. The predicted molar refractivity (Wildman–Crippen MR) is 97.8 cm³/mol. The molecule has 0 aliphatic carbocycles. The van der Waals surface area contributed by atoms with Gasteiger partial charge >= 0.3 is 12.1 Å². The van der Waals surface area contributed by atoms with Crippen molar-refractivity contribution >= 4 is 22.2 Å². The summed E-state index contributed by atoms with van der Waals surface area (Å²) in [6.07, 6.45) is -3.13. The summed E-state index contributed by atoms with van der Waals surface area (Å²) in [6.45, 7) is 4.99. The Kier molecular flexibility index (Phi) is 8.36. The summed E-state index contributed by atoms with van der Waals surface area (Å²) < 4.78 is 36.7. The molecule has 0 bridgehead atoms. The van der Waals surface area contributed by atoms with Crippen LogP contribution in [0, 0.1) is 0 Å². The van der Waals surface area contributed by atoms with E-state index < -0.39 is 52.3 Å². The Hall–Kier alpha value is -2.21. The van der Waals surface area contributed by atoms with Crippen molar-refractivity contribution < 1.29 is 41.9 Å². The molecule has 0 aliphatic heterocycles. The summed E-state index contributed by atoms with van der Waals surface area (Å²) in [7, 11) is -2.77. The standard InChI is InChI=1S/C17H25NO9S/c1-17(2,3)27-16(22)18-14(15(20)21)11-5-7-12(8-6-11)26-13(19)9-10-28(23,24)25-4/h5-8,14-15,20-21H,9-10H2,1-4H3,(H,18,22). The molecule has 0 radical (unpaired) electrons. The molecular formula is C17H25NO9S. The average molecular weight is 419 g/mol. The molecule has 1 aromatic rings. The summed E-state index contributed by atoms with van der Waals surface area (Å²) in [5, 5.41) is 21.4. The van der Waals surface area contributed by atoms with Crippen LogP contribution < -0.4 is 10.1 Å². The van der Waals surface area contributed by atoms with Crippen LogP contribution in [-0.2, 0) is 23.8 Å². The summed E-state index contributed by atoms with van der Waals surface area (Å²) in [6, 6.07) is 4.38. The molecule has 3 N–H and O–H groups in total. The Morgan fingerprint density at radius 1 is 1.14 bits per heavy atom. The SMILES string of the molecule is COS(=O)(=O)CCC(=O)Oc1ccc(C(NC(=O)OC(C)(C)C)C(O)O)cc1. The molecular weight excluding hydrogens is 394 g/mol. The van der Waals surface area contributed by atoms with Gasteiger partial charge in [0.05, 0.1) is 19.3 Å². The van der Waals surface area contributed by atoms with Gasteiger partial charge in [-0.15, -0.1) is 0 Å². The zero-order valence-corrected chi connectivity index (χ0v) is 16.9. The van der Waals surface area contributed by atoms with Gasteiger partial charge in [-0.2, -0.15) is 8.42 Å². The molecule has 1 atom stereocenters. The first-order valence-corrected chi connectivity index (χ1v) is 9.85. The maximum Gasteiger partial charge on any atom is 0.408 e. The van der Waals surface area contributed by atoms with Crippen molar-refractivity contribution in [1.29, 1.82) is 0 Å². The van der Waals surface area contributed by atoms with Gasteiger partial charge in [-0.25, -0.2) is 4.79 Å². The van der Waals surface area contributed by atoms with Crippen molar-refractivity contribution in [3.05, 3.63) is 29.8 Å². The van der Waals surface area contributed by atoms with E-state index in [1.165, 1.54) is 24.3 Å². The van der Waals surface area contributed by atoms with Crippen LogP contribution in [0.25, 0.3) is 0 Å². The molecule has 11 heteroatoms. The Labute approximate surface area is 163 Å². The second-order valence-corrected chi connectivity index (χ2v) is 8.62. The summed E-state index contributed by atoms with van der Waals surface area (Å²) in [5.74, 6) is -1.18. The minimum absolute atomic E-state index is 0.118. The van der Waals surface area contributed by atoms with E-state index in [0.717, 1.165) is 7.11 Å². The van der Waals surface area contributed by atoms with E-state index in [1.807, 2.05) is 0 Å². The lowest BCUT2D eigenvalue weighted by atomic mass is 10.1. The van der Waals surface area contributed by atoms with Gasteiger partial charge in [0.2, 0.25) is 0 Å². The van der Waals surface area contributed by atoms with E-state index >= 15 is 0 Å². The Balaban J connectivity index is 2.74. The highest BCUT2D eigenvalue weighted by molar-refractivity contribution is 7.86. The monoisotopic (exact) mass is 419 g/mol. The smallest absolute Gasteiger partial charge is 0.408 e. The quantitative estimate of drug-likeness (QED) is 0.241. The van der Waals surface area contributed by atoms with Gasteiger partial charge in [0.15, 0.2) is 6.29 Å². The average Bonchev–Trinajstić information content (AvgIpc) is 2.57. The molecule has 0 saturated heterocycles. The fourth-order valence-corrected chi connectivity index (χ4v) is 2.57. The third-order valence-electron chi connectivity index (χ3n) is 3.25. The van der Waals surface area contributed by atoms with E-state index in [1.54, 1.807) is 20.8 Å². The lowest BCUT2D eigenvalue weighted by Crippen LogP contribution is -2.39. The Morgan fingerprint density at radius 3 is 2.18 bits per heavy atom. The molecule has 1 aromatic carbocycles. The second kappa shape index (κ2) is 9.82. The number of carbonyl (C=O) groups is 2.